The Morgan fingerprint density at radius 1 is 1.12 bits per heavy atom. The van der Waals surface area contributed by atoms with Crippen LogP contribution in [0.1, 0.15) is 27.0 Å². The molecule has 0 aliphatic heterocycles. The van der Waals surface area contributed by atoms with Gasteiger partial charge in [-0.25, -0.2) is 0 Å². The van der Waals surface area contributed by atoms with E-state index in [1.165, 1.54) is 4.90 Å². The monoisotopic (exact) mass is 350 g/mol. The number of nitrogens with zero attached hydrogens (tertiary/aromatic N) is 1. The number of aromatic amines is 1. The standard InChI is InChI=1S/C21H22N2O3/c1-14-8-9-17-12-18(20(25)22-19(17)15(14)2)13-23(10-11-24)21(26)16-6-4-3-5-7-16/h3-9,12,24H,10-11,13H2,1-2H3,(H,22,25). The number of benzene rings is 2. The van der Waals surface area contributed by atoms with Crippen molar-refractivity contribution in [1.29, 1.82) is 0 Å². The summed E-state index contributed by atoms with van der Waals surface area (Å²) in [5.41, 5.74) is 3.79. The summed E-state index contributed by atoms with van der Waals surface area (Å²) < 4.78 is 0. The first-order valence-electron chi connectivity index (χ1n) is 8.58. The highest BCUT2D eigenvalue weighted by molar-refractivity contribution is 5.94. The Balaban J connectivity index is 1.97. The minimum absolute atomic E-state index is 0.145. The van der Waals surface area contributed by atoms with Gasteiger partial charge >= 0.3 is 0 Å². The smallest absolute Gasteiger partial charge is 0.254 e. The number of rotatable bonds is 5. The normalized spacial score (nSPS) is 10.9. The van der Waals surface area contributed by atoms with Crippen LogP contribution in [0.5, 0.6) is 0 Å². The molecule has 0 saturated carbocycles. The lowest BCUT2D eigenvalue weighted by Gasteiger charge is -2.22. The predicted molar refractivity (Wildman–Crippen MR) is 102 cm³/mol. The minimum atomic E-state index is -0.213. The number of aliphatic hydroxyl groups excluding tert-OH is 1. The maximum absolute atomic E-state index is 12.7. The molecule has 0 aliphatic carbocycles. The van der Waals surface area contributed by atoms with Crippen LogP contribution >= 0.6 is 0 Å². The van der Waals surface area contributed by atoms with Crippen LogP contribution in [0.4, 0.5) is 0 Å². The molecule has 1 amide bonds. The van der Waals surface area contributed by atoms with E-state index >= 15 is 0 Å². The van der Waals surface area contributed by atoms with Gasteiger partial charge in [0.1, 0.15) is 0 Å². The highest BCUT2D eigenvalue weighted by atomic mass is 16.3. The number of hydrogen-bond donors (Lipinski definition) is 2. The van der Waals surface area contributed by atoms with E-state index in [1.807, 2.05) is 38.1 Å². The van der Waals surface area contributed by atoms with Gasteiger partial charge in [-0.2, -0.15) is 0 Å². The Morgan fingerprint density at radius 2 is 1.85 bits per heavy atom. The van der Waals surface area contributed by atoms with Gasteiger partial charge in [0.25, 0.3) is 11.5 Å². The predicted octanol–water partition coefficient (Wildman–Crippen LogP) is 2.78. The number of hydrogen-bond acceptors (Lipinski definition) is 3. The van der Waals surface area contributed by atoms with Gasteiger partial charge in [-0.15, -0.1) is 0 Å². The van der Waals surface area contributed by atoms with Crippen molar-refractivity contribution in [1.82, 2.24) is 9.88 Å². The van der Waals surface area contributed by atoms with Crippen LogP contribution in [0.3, 0.4) is 0 Å². The lowest BCUT2D eigenvalue weighted by Crippen LogP contribution is -2.35. The highest BCUT2D eigenvalue weighted by Crippen LogP contribution is 2.19. The largest absolute Gasteiger partial charge is 0.395 e. The van der Waals surface area contributed by atoms with Gasteiger partial charge < -0.3 is 15.0 Å². The van der Waals surface area contributed by atoms with Gasteiger partial charge in [0.05, 0.1) is 18.7 Å². The maximum atomic E-state index is 12.7. The van der Waals surface area contributed by atoms with Gasteiger partial charge in [-0.3, -0.25) is 9.59 Å². The number of aryl methyl sites for hydroxylation is 2. The second-order valence-electron chi connectivity index (χ2n) is 6.41. The lowest BCUT2D eigenvalue weighted by molar-refractivity contribution is 0.0707. The Hall–Kier alpha value is -2.92. The molecule has 2 N–H and O–H groups in total. The van der Waals surface area contributed by atoms with Gasteiger partial charge in [-0.05, 0) is 48.6 Å². The molecule has 0 radical (unpaired) electrons. The topological polar surface area (TPSA) is 73.4 Å². The number of carbonyl (C=O) groups is 1. The van der Waals surface area contributed by atoms with Gasteiger partial charge in [0, 0.05) is 17.7 Å². The molecule has 3 rings (SSSR count). The SMILES string of the molecule is Cc1ccc2cc(CN(CCO)C(=O)c3ccccc3)c(=O)[nH]c2c1C. The number of amides is 1. The third kappa shape index (κ3) is 3.53. The third-order valence-corrected chi connectivity index (χ3v) is 4.67. The fraction of sp³-hybridized carbons (Fsp3) is 0.238. The number of H-pyrrole nitrogens is 1. The number of fused-ring (bicyclic) bond motifs is 1. The van der Waals surface area contributed by atoms with Crippen LogP contribution in [0, 0.1) is 13.8 Å². The number of nitrogens with one attached hydrogen (secondary N) is 1. The molecule has 3 aromatic rings. The molecule has 26 heavy (non-hydrogen) atoms. The molecule has 0 bridgehead atoms. The molecule has 5 heteroatoms. The van der Waals surface area contributed by atoms with Crippen LogP contribution in [0.15, 0.2) is 53.3 Å². The van der Waals surface area contributed by atoms with E-state index in [0.717, 1.165) is 22.0 Å². The highest BCUT2D eigenvalue weighted by Gasteiger charge is 2.17. The molecule has 0 spiro atoms. The lowest BCUT2D eigenvalue weighted by atomic mass is 10.0. The second kappa shape index (κ2) is 7.54. The molecular weight excluding hydrogens is 328 g/mol. The van der Waals surface area contributed by atoms with Gasteiger partial charge in [-0.1, -0.05) is 30.3 Å². The summed E-state index contributed by atoms with van der Waals surface area (Å²) in [6, 6.07) is 14.7. The van der Waals surface area contributed by atoms with Crippen molar-refractivity contribution in [2.75, 3.05) is 13.2 Å². The first-order chi connectivity index (χ1) is 12.5. The molecule has 134 valence electrons. The van der Waals surface area contributed by atoms with E-state index in [4.69, 9.17) is 0 Å². The van der Waals surface area contributed by atoms with Crippen molar-refractivity contribution in [3.8, 4) is 0 Å². The Labute approximate surface area is 151 Å². The number of aliphatic hydroxyl groups is 1. The summed E-state index contributed by atoms with van der Waals surface area (Å²) in [4.78, 5) is 29.7. The molecule has 1 aromatic heterocycles. The zero-order valence-electron chi connectivity index (χ0n) is 15.0. The summed E-state index contributed by atoms with van der Waals surface area (Å²) in [6.07, 6.45) is 0. The zero-order valence-corrected chi connectivity index (χ0v) is 15.0. The van der Waals surface area contributed by atoms with Crippen LogP contribution in [0.25, 0.3) is 10.9 Å². The summed E-state index contributed by atoms with van der Waals surface area (Å²) in [7, 11) is 0. The van der Waals surface area contributed by atoms with E-state index in [2.05, 4.69) is 4.98 Å². The molecule has 2 aromatic carbocycles. The van der Waals surface area contributed by atoms with Crippen LogP contribution in [0.2, 0.25) is 0 Å². The van der Waals surface area contributed by atoms with E-state index in [9.17, 15) is 14.7 Å². The van der Waals surface area contributed by atoms with E-state index < -0.39 is 0 Å². The van der Waals surface area contributed by atoms with Crippen molar-refractivity contribution in [2.45, 2.75) is 20.4 Å². The third-order valence-electron chi connectivity index (χ3n) is 4.67. The van der Waals surface area contributed by atoms with Gasteiger partial charge in [0.15, 0.2) is 0 Å². The van der Waals surface area contributed by atoms with Crippen molar-refractivity contribution >= 4 is 16.8 Å². The van der Waals surface area contributed by atoms with E-state index in [-0.39, 0.29) is 31.2 Å². The van der Waals surface area contributed by atoms with E-state index in [0.29, 0.717) is 11.1 Å². The summed E-state index contributed by atoms with van der Waals surface area (Å²) >= 11 is 0. The second-order valence-corrected chi connectivity index (χ2v) is 6.41. The molecular formula is C21H22N2O3. The zero-order chi connectivity index (χ0) is 18.7. The molecule has 0 saturated heterocycles. The van der Waals surface area contributed by atoms with Crippen molar-refractivity contribution < 1.29 is 9.90 Å². The Morgan fingerprint density at radius 3 is 2.54 bits per heavy atom. The first kappa shape index (κ1) is 17.9. The Kier molecular flexibility index (Phi) is 5.19. The van der Waals surface area contributed by atoms with Gasteiger partial charge in [0.2, 0.25) is 0 Å². The number of pyridine rings is 1. The molecule has 5 nitrogen and oxygen atoms in total. The quantitative estimate of drug-likeness (QED) is 0.743. The number of carbonyl (C=O) groups excluding carboxylic acids is 1. The van der Waals surface area contributed by atoms with Crippen LogP contribution in [-0.2, 0) is 6.54 Å². The molecule has 1 heterocycles. The fourth-order valence-electron chi connectivity index (χ4n) is 3.03. The maximum Gasteiger partial charge on any atom is 0.254 e. The minimum Gasteiger partial charge on any atom is -0.395 e. The summed E-state index contributed by atoms with van der Waals surface area (Å²) in [5.74, 6) is -0.209. The summed E-state index contributed by atoms with van der Waals surface area (Å²) in [6.45, 7) is 4.12. The average molecular weight is 350 g/mol. The van der Waals surface area contributed by atoms with Crippen LogP contribution < -0.4 is 5.56 Å². The van der Waals surface area contributed by atoms with E-state index in [1.54, 1.807) is 24.3 Å². The van der Waals surface area contributed by atoms with Crippen molar-refractivity contribution in [3.05, 3.63) is 81.1 Å². The Bertz CT molecular complexity index is 993. The fourth-order valence-corrected chi connectivity index (χ4v) is 3.03. The summed E-state index contributed by atoms with van der Waals surface area (Å²) in [5, 5.41) is 10.3. The van der Waals surface area contributed by atoms with Crippen LogP contribution in [-0.4, -0.2) is 34.0 Å². The number of aromatic nitrogens is 1. The average Bonchev–Trinajstić information content (AvgIpc) is 2.66. The first-order valence-corrected chi connectivity index (χ1v) is 8.58. The molecule has 0 fully saturated rings. The molecule has 0 atom stereocenters. The molecule has 0 unspecified atom stereocenters. The van der Waals surface area contributed by atoms with Crippen molar-refractivity contribution in [3.63, 3.8) is 0 Å². The molecule has 0 aliphatic rings. The van der Waals surface area contributed by atoms with Crippen molar-refractivity contribution in [2.24, 2.45) is 0 Å².